The zero-order chi connectivity index (χ0) is 19.9. The Kier molecular flexibility index (Phi) is 6.37. The third-order valence-electron chi connectivity index (χ3n) is 4.35. The zero-order valence-corrected chi connectivity index (χ0v) is 16.5. The van der Waals surface area contributed by atoms with Crippen molar-refractivity contribution in [2.45, 2.75) is 27.2 Å². The summed E-state index contributed by atoms with van der Waals surface area (Å²) in [5.74, 6) is 1.07. The van der Waals surface area contributed by atoms with Gasteiger partial charge in [0.25, 0.3) is 5.91 Å². The second-order valence-electron chi connectivity index (χ2n) is 7.19. The third kappa shape index (κ3) is 5.39. The standard InChI is InChI=1S/C23H25N3O2/c1-16(2)12-13-24-22(27)19-8-10-21(11-9-19)28-23-25-14-20(15-26-23)18-6-4-17(3)5-7-18/h4-11,14-16H,12-13H2,1-3H3,(H,24,27). The van der Waals surface area contributed by atoms with Gasteiger partial charge in [0.05, 0.1) is 0 Å². The van der Waals surface area contributed by atoms with Crippen LogP contribution in [0.25, 0.3) is 11.1 Å². The van der Waals surface area contributed by atoms with Crippen LogP contribution in [0.5, 0.6) is 11.8 Å². The number of amides is 1. The van der Waals surface area contributed by atoms with Gasteiger partial charge in [0.1, 0.15) is 5.75 Å². The second kappa shape index (κ2) is 9.13. The lowest BCUT2D eigenvalue weighted by atomic mass is 10.1. The van der Waals surface area contributed by atoms with Gasteiger partial charge in [-0.15, -0.1) is 0 Å². The number of hydrogen-bond acceptors (Lipinski definition) is 4. The van der Waals surface area contributed by atoms with Gasteiger partial charge in [0.2, 0.25) is 0 Å². The number of carbonyl (C=O) groups excluding carboxylic acids is 1. The average molecular weight is 375 g/mol. The quantitative estimate of drug-likeness (QED) is 0.630. The molecule has 0 radical (unpaired) electrons. The molecule has 5 nitrogen and oxygen atoms in total. The highest BCUT2D eigenvalue weighted by Gasteiger charge is 2.07. The average Bonchev–Trinajstić information content (AvgIpc) is 2.69. The minimum atomic E-state index is -0.0779. The third-order valence-corrected chi connectivity index (χ3v) is 4.35. The summed E-state index contributed by atoms with van der Waals surface area (Å²) in [5.41, 5.74) is 3.80. The summed E-state index contributed by atoms with van der Waals surface area (Å²) >= 11 is 0. The van der Waals surface area contributed by atoms with Gasteiger partial charge in [0, 0.05) is 30.1 Å². The minimum absolute atomic E-state index is 0.0779. The van der Waals surface area contributed by atoms with Crippen LogP contribution in [-0.2, 0) is 0 Å². The van der Waals surface area contributed by atoms with Crippen LogP contribution in [0.2, 0.25) is 0 Å². The van der Waals surface area contributed by atoms with E-state index in [0.717, 1.165) is 17.5 Å². The van der Waals surface area contributed by atoms with Crippen LogP contribution in [0, 0.1) is 12.8 Å². The van der Waals surface area contributed by atoms with E-state index in [-0.39, 0.29) is 11.9 Å². The van der Waals surface area contributed by atoms with E-state index in [1.807, 2.05) is 12.1 Å². The number of carbonyl (C=O) groups is 1. The van der Waals surface area contributed by atoms with Gasteiger partial charge in [-0.1, -0.05) is 43.7 Å². The summed E-state index contributed by atoms with van der Waals surface area (Å²) in [6.45, 7) is 7.00. The lowest BCUT2D eigenvalue weighted by molar-refractivity contribution is 0.0952. The number of rotatable bonds is 7. The summed E-state index contributed by atoms with van der Waals surface area (Å²) in [6, 6.07) is 15.4. The summed E-state index contributed by atoms with van der Waals surface area (Å²) in [5, 5.41) is 2.92. The molecule has 0 saturated carbocycles. The molecule has 2 aromatic carbocycles. The zero-order valence-electron chi connectivity index (χ0n) is 16.5. The van der Waals surface area contributed by atoms with E-state index in [1.54, 1.807) is 36.7 Å². The number of benzene rings is 2. The molecule has 1 amide bonds. The molecule has 0 fully saturated rings. The Morgan fingerprint density at radius 3 is 2.21 bits per heavy atom. The molecule has 0 atom stereocenters. The first-order valence-electron chi connectivity index (χ1n) is 9.46. The number of hydrogen-bond donors (Lipinski definition) is 1. The first-order valence-corrected chi connectivity index (χ1v) is 9.46. The second-order valence-corrected chi connectivity index (χ2v) is 7.19. The molecular formula is C23H25N3O2. The van der Waals surface area contributed by atoms with Crippen molar-refractivity contribution in [1.29, 1.82) is 0 Å². The molecule has 0 aliphatic carbocycles. The fourth-order valence-electron chi connectivity index (χ4n) is 2.62. The molecule has 0 aliphatic heterocycles. The normalized spacial score (nSPS) is 10.7. The van der Waals surface area contributed by atoms with Gasteiger partial charge in [0.15, 0.2) is 0 Å². The molecular weight excluding hydrogens is 350 g/mol. The van der Waals surface area contributed by atoms with Crippen LogP contribution >= 0.6 is 0 Å². The van der Waals surface area contributed by atoms with Crippen LogP contribution in [-0.4, -0.2) is 22.4 Å². The fraction of sp³-hybridized carbons (Fsp3) is 0.261. The Balaban J connectivity index is 1.59. The van der Waals surface area contributed by atoms with Crippen LogP contribution in [0.15, 0.2) is 60.9 Å². The van der Waals surface area contributed by atoms with Gasteiger partial charge >= 0.3 is 6.01 Å². The monoisotopic (exact) mass is 375 g/mol. The van der Waals surface area contributed by atoms with Gasteiger partial charge in [-0.25, -0.2) is 9.97 Å². The van der Waals surface area contributed by atoms with Crippen molar-refractivity contribution in [3.63, 3.8) is 0 Å². The van der Waals surface area contributed by atoms with Crippen molar-refractivity contribution in [2.75, 3.05) is 6.54 Å². The lowest BCUT2D eigenvalue weighted by Gasteiger charge is -2.08. The summed E-state index contributed by atoms with van der Waals surface area (Å²) in [6.07, 6.45) is 4.44. The topological polar surface area (TPSA) is 64.1 Å². The molecule has 5 heteroatoms. The van der Waals surface area contributed by atoms with Crippen molar-refractivity contribution in [3.05, 3.63) is 72.1 Å². The first kappa shape index (κ1) is 19.5. The number of nitrogens with one attached hydrogen (secondary N) is 1. The molecule has 3 rings (SSSR count). The fourth-order valence-corrected chi connectivity index (χ4v) is 2.62. The number of aromatic nitrogens is 2. The van der Waals surface area contributed by atoms with E-state index >= 15 is 0 Å². The van der Waals surface area contributed by atoms with Crippen LogP contribution in [0.3, 0.4) is 0 Å². The maximum Gasteiger partial charge on any atom is 0.321 e. The van der Waals surface area contributed by atoms with Gasteiger partial charge in [-0.2, -0.15) is 0 Å². The predicted molar refractivity (Wildman–Crippen MR) is 111 cm³/mol. The van der Waals surface area contributed by atoms with Crippen LogP contribution in [0.1, 0.15) is 36.2 Å². The molecule has 28 heavy (non-hydrogen) atoms. The predicted octanol–water partition coefficient (Wildman–Crippen LogP) is 5.02. The summed E-state index contributed by atoms with van der Waals surface area (Å²) in [7, 11) is 0. The Bertz CT molecular complexity index is 902. The molecule has 1 heterocycles. The van der Waals surface area contributed by atoms with Crippen LogP contribution < -0.4 is 10.1 Å². The van der Waals surface area contributed by atoms with Crippen molar-refractivity contribution >= 4 is 5.91 Å². The van der Waals surface area contributed by atoms with Gasteiger partial charge < -0.3 is 10.1 Å². The molecule has 0 spiro atoms. The Hall–Kier alpha value is -3.21. The Labute approximate surface area is 165 Å². The highest BCUT2D eigenvalue weighted by atomic mass is 16.5. The molecule has 1 N–H and O–H groups in total. The molecule has 3 aromatic rings. The number of aryl methyl sites for hydroxylation is 1. The smallest absolute Gasteiger partial charge is 0.321 e. The van der Waals surface area contributed by atoms with Gasteiger partial charge in [-0.3, -0.25) is 4.79 Å². The van der Waals surface area contributed by atoms with Crippen LogP contribution in [0.4, 0.5) is 0 Å². The molecule has 0 aliphatic rings. The van der Waals surface area contributed by atoms with E-state index in [0.29, 0.717) is 23.8 Å². The summed E-state index contributed by atoms with van der Waals surface area (Å²) in [4.78, 5) is 20.7. The van der Waals surface area contributed by atoms with Crippen molar-refractivity contribution < 1.29 is 9.53 Å². The number of nitrogens with zero attached hydrogens (tertiary/aromatic N) is 2. The molecule has 1 aromatic heterocycles. The Morgan fingerprint density at radius 2 is 1.61 bits per heavy atom. The maximum absolute atomic E-state index is 12.1. The number of ether oxygens (including phenoxy) is 1. The van der Waals surface area contributed by atoms with E-state index in [9.17, 15) is 4.79 Å². The highest BCUT2D eigenvalue weighted by Crippen LogP contribution is 2.22. The lowest BCUT2D eigenvalue weighted by Crippen LogP contribution is -2.25. The van der Waals surface area contributed by atoms with E-state index in [4.69, 9.17) is 4.74 Å². The molecule has 144 valence electrons. The SMILES string of the molecule is Cc1ccc(-c2cnc(Oc3ccc(C(=O)NCCC(C)C)cc3)nc2)cc1. The van der Waals surface area contributed by atoms with Gasteiger partial charge in [-0.05, 0) is 49.1 Å². The molecule has 0 bridgehead atoms. The van der Waals surface area contributed by atoms with E-state index in [1.165, 1.54) is 5.56 Å². The van der Waals surface area contributed by atoms with Crippen molar-refractivity contribution in [3.8, 4) is 22.9 Å². The minimum Gasteiger partial charge on any atom is -0.424 e. The highest BCUT2D eigenvalue weighted by molar-refractivity contribution is 5.94. The summed E-state index contributed by atoms with van der Waals surface area (Å²) < 4.78 is 5.68. The van der Waals surface area contributed by atoms with Crippen molar-refractivity contribution in [1.82, 2.24) is 15.3 Å². The maximum atomic E-state index is 12.1. The molecule has 0 saturated heterocycles. The van der Waals surface area contributed by atoms with E-state index in [2.05, 4.69) is 48.2 Å². The van der Waals surface area contributed by atoms with Crippen molar-refractivity contribution in [2.24, 2.45) is 5.92 Å². The largest absolute Gasteiger partial charge is 0.424 e. The first-order chi connectivity index (χ1) is 13.5. The Morgan fingerprint density at radius 1 is 0.964 bits per heavy atom. The molecule has 0 unspecified atom stereocenters. The van der Waals surface area contributed by atoms with E-state index < -0.39 is 0 Å².